The van der Waals surface area contributed by atoms with Crippen molar-refractivity contribution in [2.75, 3.05) is 13.6 Å². The maximum Gasteiger partial charge on any atom is 0.246 e. The summed E-state index contributed by atoms with van der Waals surface area (Å²) in [6.45, 7) is 11.8. The minimum Gasteiger partial charge on any atom is -0.356 e. The number of carbonyl (C=O) groups excluding carboxylic acids is 3. The van der Waals surface area contributed by atoms with Gasteiger partial charge in [-0.15, -0.1) is 0 Å². The van der Waals surface area contributed by atoms with Crippen molar-refractivity contribution in [3.05, 3.63) is 12.2 Å². The summed E-state index contributed by atoms with van der Waals surface area (Å²) < 4.78 is 0. The van der Waals surface area contributed by atoms with Gasteiger partial charge in [0.1, 0.15) is 6.04 Å². The van der Waals surface area contributed by atoms with Crippen LogP contribution in [0.1, 0.15) is 48.0 Å². The highest BCUT2D eigenvalue weighted by atomic mass is 16.2. The average molecular weight is 369 g/mol. The van der Waals surface area contributed by atoms with Gasteiger partial charge in [0, 0.05) is 19.5 Å². The van der Waals surface area contributed by atoms with Gasteiger partial charge < -0.3 is 21.3 Å². The van der Waals surface area contributed by atoms with Crippen molar-refractivity contribution in [2.45, 2.75) is 66.1 Å². The lowest BCUT2D eigenvalue weighted by Gasteiger charge is -2.24. The molecule has 7 nitrogen and oxygen atoms in total. The van der Waals surface area contributed by atoms with Crippen molar-refractivity contribution >= 4 is 17.7 Å². The lowest BCUT2D eigenvalue weighted by Crippen LogP contribution is -2.54. The fourth-order valence-corrected chi connectivity index (χ4v) is 2.26. The molecule has 0 aliphatic rings. The number of rotatable bonds is 11. The van der Waals surface area contributed by atoms with Gasteiger partial charge >= 0.3 is 0 Å². The number of nitrogens with one attached hydrogen (secondary N) is 4. The van der Waals surface area contributed by atoms with E-state index in [9.17, 15) is 14.4 Å². The standard InChI is InChI=1S/C19H36N4O3/c1-12(2)14(5)22-18(25)16(10-8-9-11-21-15(6)24)23-19(26)17(20-7)13(3)4/h8,10,12-14,16-17,20H,9,11H2,1-7H3,(H,21,24)(H,22,25)(H,23,26). The summed E-state index contributed by atoms with van der Waals surface area (Å²) in [6, 6.07) is -1.13. The van der Waals surface area contributed by atoms with Crippen LogP contribution in [0, 0.1) is 11.8 Å². The third-order valence-electron chi connectivity index (χ3n) is 4.22. The predicted molar refractivity (Wildman–Crippen MR) is 104 cm³/mol. The zero-order chi connectivity index (χ0) is 20.3. The minimum absolute atomic E-state index is 0.000113. The molecule has 0 heterocycles. The van der Waals surface area contributed by atoms with Crippen molar-refractivity contribution in [1.29, 1.82) is 0 Å². The molecule has 0 aromatic rings. The van der Waals surface area contributed by atoms with E-state index in [-0.39, 0.29) is 35.7 Å². The van der Waals surface area contributed by atoms with Crippen LogP contribution in [0.25, 0.3) is 0 Å². The highest BCUT2D eigenvalue weighted by Gasteiger charge is 2.26. The van der Waals surface area contributed by atoms with Crippen LogP contribution in [-0.2, 0) is 14.4 Å². The maximum absolute atomic E-state index is 12.6. The molecule has 0 aliphatic carbocycles. The maximum atomic E-state index is 12.6. The molecule has 0 aromatic heterocycles. The van der Waals surface area contributed by atoms with Crippen LogP contribution in [-0.4, -0.2) is 49.4 Å². The Hall–Kier alpha value is -1.89. The zero-order valence-electron chi connectivity index (χ0n) is 17.2. The fraction of sp³-hybridized carbons (Fsp3) is 0.737. The topological polar surface area (TPSA) is 99.3 Å². The van der Waals surface area contributed by atoms with Crippen LogP contribution in [0.2, 0.25) is 0 Å². The van der Waals surface area contributed by atoms with Crippen molar-refractivity contribution in [3.8, 4) is 0 Å². The Kier molecular flexibility index (Phi) is 11.6. The van der Waals surface area contributed by atoms with E-state index in [0.717, 1.165) is 0 Å². The molecule has 150 valence electrons. The van der Waals surface area contributed by atoms with Crippen LogP contribution in [0.3, 0.4) is 0 Å². The van der Waals surface area contributed by atoms with Crippen LogP contribution in [0.15, 0.2) is 12.2 Å². The minimum atomic E-state index is -0.754. The van der Waals surface area contributed by atoms with Gasteiger partial charge in [-0.05, 0) is 32.2 Å². The Labute approximate surface area is 157 Å². The largest absolute Gasteiger partial charge is 0.356 e. The smallest absolute Gasteiger partial charge is 0.246 e. The first kappa shape index (κ1) is 24.1. The number of hydrogen-bond acceptors (Lipinski definition) is 4. The molecular formula is C19H36N4O3. The third kappa shape index (κ3) is 9.56. The fourth-order valence-electron chi connectivity index (χ4n) is 2.26. The highest BCUT2D eigenvalue weighted by molar-refractivity contribution is 5.91. The molecule has 0 saturated carbocycles. The third-order valence-corrected chi connectivity index (χ3v) is 4.22. The van der Waals surface area contributed by atoms with E-state index in [1.807, 2.05) is 34.6 Å². The van der Waals surface area contributed by atoms with Gasteiger partial charge in [-0.1, -0.05) is 39.8 Å². The van der Waals surface area contributed by atoms with Crippen molar-refractivity contribution in [1.82, 2.24) is 21.3 Å². The van der Waals surface area contributed by atoms with Gasteiger partial charge in [0.15, 0.2) is 0 Å². The van der Waals surface area contributed by atoms with Gasteiger partial charge in [0.05, 0.1) is 6.04 Å². The molecule has 3 amide bonds. The summed E-state index contributed by atoms with van der Waals surface area (Å²) in [7, 11) is 1.73. The Bertz CT molecular complexity index is 489. The number of hydrogen-bond donors (Lipinski definition) is 4. The Balaban J connectivity index is 5.02. The van der Waals surface area contributed by atoms with Crippen LogP contribution >= 0.6 is 0 Å². The summed E-state index contributed by atoms with van der Waals surface area (Å²) >= 11 is 0. The summed E-state index contributed by atoms with van der Waals surface area (Å²) in [4.78, 5) is 36.0. The van der Waals surface area contributed by atoms with Crippen LogP contribution < -0.4 is 21.3 Å². The molecule has 0 aliphatic heterocycles. The molecule has 7 heteroatoms. The predicted octanol–water partition coefficient (Wildman–Crippen LogP) is 0.958. The molecule has 0 saturated heterocycles. The molecular weight excluding hydrogens is 332 g/mol. The number of carbonyl (C=O) groups is 3. The summed E-state index contributed by atoms with van der Waals surface area (Å²) in [5.74, 6) is -0.164. The first-order chi connectivity index (χ1) is 12.1. The lowest BCUT2D eigenvalue weighted by molar-refractivity contribution is -0.130. The van der Waals surface area contributed by atoms with Gasteiger partial charge in [-0.2, -0.15) is 0 Å². The Morgan fingerprint density at radius 1 is 0.923 bits per heavy atom. The van der Waals surface area contributed by atoms with E-state index in [1.54, 1.807) is 19.2 Å². The van der Waals surface area contributed by atoms with Crippen molar-refractivity contribution < 1.29 is 14.4 Å². The molecule has 3 atom stereocenters. The second-order valence-electron chi connectivity index (χ2n) is 7.24. The SMILES string of the molecule is CNC(C(=O)NC(C=CCCNC(C)=O)C(=O)NC(C)C(C)C)C(C)C. The summed E-state index contributed by atoms with van der Waals surface area (Å²) in [5.41, 5.74) is 0. The van der Waals surface area contributed by atoms with E-state index in [4.69, 9.17) is 0 Å². The van der Waals surface area contributed by atoms with E-state index in [1.165, 1.54) is 6.92 Å². The lowest BCUT2D eigenvalue weighted by atomic mass is 10.0. The molecule has 0 fully saturated rings. The average Bonchev–Trinajstić information content (AvgIpc) is 2.52. The second-order valence-corrected chi connectivity index (χ2v) is 7.24. The molecule has 3 unspecified atom stereocenters. The van der Waals surface area contributed by atoms with Crippen molar-refractivity contribution in [2.24, 2.45) is 11.8 Å². The second kappa shape index (κ2) is 12.5. The van der Waals surface area contributed by atoms with Crippen LogP contribution in [0.4, 0.5) is 0 Å². The Morgan fingerprint density at radius 3 is 2.00 bits per heavy atom. The zero-order valence-corrected chi connectivity index (χ0v) is 17.2. The first-order valence-electron chi connectivity index (χ1n) is 9.29. The van der Waals surface area contributed by atoms with Crippen LogP contribution in [0.5, 0.6) is 0 Å². The number of likely N-dealkylation sites (N-methyl/N-ethyl adjacent to an activating group) is 1. The van der Waals surface area contributed by atoms with Gasteiger partial charge in [0.2, 0.25) is 17.7 Å². The summed E-state index contributed by atoms with van der Waals surface area (Å²) in [6.07, 6.45) is 4.05. The summed E-state index contributed by atoms with van der Waals surface area (Å²) in [5, 5.41) is 11.4. The highest BCUT2D eigenvalue weighted by Crippen LogP contribution is 2.04. The molecule has 26 heavy (non-hydrogen) atoms. The molecule has 0 aromatic carbocycles. The Morgan fingerprint density at radius 2 is 1.54 bits per heavy atom. The van der Waals surface area contributed by atoms with Gasteiger partial charge in [0.25, 0.3) is 0 Å². The van der Waals surface area contributed by atoms with E-state index >= 15 is 0 Å². The molecule has 4 N–H and O–H groups in total. The number of amides is 3. The van der Waals surface area contributed by atoms with Gasteiger partial charge in [-0.3, -0.25) is 14.4 Å². The normalized spacial score (nSPS) is 15.0. The quantitative estimate of drug-likeness (QED) is 0.322. The van der Waals surface area contributed by atoms with E-state index in [0.29, 0.717) is 18.9 Å². The molecule has 0 rings (SSSR count). The van der Waals surface area contributed by atoms with Gasteiger partial charge in [-0.25, -0.2) is 0 Å². The monoisotopic (exact) mass is 368 g/mol. The van der Waals surface area contributed by atoms with E-state index in [2.05, 4.69) is 21.3 Å². The molecule has 0 radical (unpaired) electrons. The van der Waals surface area contributed by atoms with Crippen molar-refractivity contribution in [3.63, 3.8) is 0 Å². The van der Waals surface area contributed by atoms with E-state index < -0.39 is 6.04 Å². The molecule has 0 bridgehead atoms. The molecule has 0 spiro atoms. The first-order valence-corrected chi connectivity index (χ1v) is 9.29.